The Morgan fingerprint density at radius 3 is 2.55 bits per heavy atom. The van der Waals surface area contributed by atoms with Gasteiger partial charge in [0.2, 0.25) is 11.8 Å². The highest BCUT2D eigenvalue weighted by Crippen LogP contribution is 2.20. The topological polar surface area (TPSA) is 58.2 Å². The van der Waals surface area contributed by atoms with Crippen LogP contribution in [0.15, 0.2) is 18.2 Å². The molecule has 6 heteroatoms. The Bertz CT molecular complexity index is 478. The van der Waals surface area contributed by atoms with Gasteiger partial charge in [-0.05, 0) is 30.5 Å². The van der Waals surface area contributed by atoms with Crippen LogP contribution in [0.25, 0.3) is 0 Å². The Kier molecular flexibility index (Phi) is 7.41. The smallest absolute Gasteiger partial charge is 0.239 e. The summed E-state index contributed by atoms with van der Waals surface area (Å²) < 4.78 is 0. The molecule has 0 fully saturated rings. The minimum absolute atomic E-state index is 0.00713. The van der Waals surface area contributed by atoms with Crippen LogP contribution in [0.2, 0.25) is 10.0 Å². The van der Waals surface area contributed by atoms with E-state index < -0.39 is 0 Å². The van der Waals surface area contributed by atoms with E-state index in [1.54, 1.807) is 12.1 Å². The molecule has 0 saturated carbocycles. The highest BCUT2D eigenvalue weighted by molar-refractivity contribution is 6.35. The molecule has 20 heavy (non-hydrogen) atoms. The summed E-state index contributed by atoms with van der Waals surface area (Å²) >= 11 is 11.8. The SMILES string of the molecule is CCCC(=O)NCC(=O)NCCc1ccc(Cl)cc1Cl. The monoisotopic (exact) mass is 316 g/mol. The lowest BCUT2D eigenvalue weighted by Crippen LogP contribution is -2.37. The zero-order valence-electron chi connectivity index (χ0n) is 11.3. The normalized spacial score (nSPS) is 10.2. The molecule has 0 bridgehead atoms. The molecule has 0 aliphatic carbocycles. The Morgan fingerprint density at radius 2 is 1.90 bits per heavy atom. The van der Waals surface area contributed by atoms with Gasteiger partial charge < -0.3 is 10.6 Å². The summed E-state index contributed by atoms with van der Waals surface area (Å²) in [6, 6.07) is 5.26. The second kappa shape index (κ2) is 8.82. The number of carbonyl (C=O) groups is 2. The molecule has 0 spiro atoms. The third-order valence-electron chi connectivity index (χ3n) is 2.65. The zero-order chi connectivity index (χ0) is 15.0. The molecule has 1 aromatic rings. The van der Waals surface area contributed by atoms with Crippen molar-refractivity contribution >= 4 is 35.0 Å². The second-order valence-corrected chi connectivity index (χ2v) is 5.21. The molecule has 4 nitrogen and oxygen atoms in total. The lowest BCUT2D eigenvalue weighted by atomic mass is 10.1. The molecule has 1 rings (SSSR count). The van der Waals surface area contributed by atoms with Crippen LogP contribution >= 0.6 is 23.2 Å². The van der Waals surface area contributed by atoms with Gasteiger partial charge in [0.25, 0.3) is 0 Å². The maximum absolute atomic E-state index is 11.5. The van der Waals surface area contributed by atoms with Crippen LogP contribution in [-0.4, -0.2) is 24.9 Å². The average Bonchev–Trinajstić information content (AvgIpc) is 2.39. The number of hydrogen-bond donors (Lipinski definition) is 2. The Labute approximate surface area is 128 Å². The van der Waals surface area contributed by atoms with Crippen molar-refractivity contribution in [3.05, 3.63) is 33.8 Å². The molecular formula is C14H18Cl2N2O2. The maximum Gasteiger partial charge on any atom is 0.239 e. The predicted octanol–water partition coefficient (Wildman–Crippen LogP) is 2.57. The molecule has 0 atom stereocenters. The summed E-state index contributed by atoms with van der Waals surface area (Å²) in [4.78, 5) is 22.7. The molecule has 0 aliphatic heterocycles. The van der Waals surface area contributed by atoms with Gasteiger partial charge in [-0.1, -0.05) is 36.2 Å². The van der Waals surface area contributed by atoms with Crippen LogP contribution in [-0.2, 0) is 16.0 Å². The summed E-state index contributed by atoms with van der Waals surface area (Å²) in [7, 11) is 0. The average molecular weight is 317 g/mol. The number of halogens is 2. The fraction of sp³-hybridized carbons (Fsp3) is 0.429. The number of benzene rings is 1. The third kappa shape index (κ3) is 6.26. The van der Waals surface area contributed by atoms with Crippen LogP contribution in [0.1, 0.15) is 25.3 Å². The van der Waals surface area contributed by atoms with E-state index in [4.69, 9.17) is 23.2 Å². The molecule has 0 aliphatic rings. The van der Waals surface area contributed by atoms with Crippen LogP contribution in [0.3, 0.4) is 0 Å². The molecule has 0 unspecified atom stereocenters. The van der Waals surface area contributed by atoms with Gasteiger partial charge in [0, 0.05) is 23.0 Å². The molecular weight excluding hydrogens is 299 g/mol. The van der Waals surface area contributed by atoms with E-state index in [9.17, 15) is 9.59 Å². The van der Waals surface area contributed by atoms with E-state index in [0.29, 0.717) is 29.4 Å². The first-order chi connectivity index (χ1) is 9.52. The van der Waals surface area contributed by atoms with Crippen molar-refractivity contribution in [3.8, 4) is 0 Å². The summed E-state index contributed by atoms with van der Waals surface area (Å²) in [6.45, 7) is 2.38. The van der Waals surface area contributed by atoms with E-state index in [1.165, 1.54) is 0 Å². The van der Waals surface area contributed by atoms with Crippen LogP contribution in [0.4, 0.5) is 0 Å². The second-order valence-electron chi connectivity index (χ2n) is 4.36. The first kappa shape index (κ1) is 16.8. The first-order valence-corrected chi connectivity index (χ1v) is 7.26. The van der Waals surface area contributed by atoms with Crippen molar-refractivity contribution in [1.82, 2.24) is 10.6 Å². The Balaban J connectivity index is 2.26. The van der Waals surface area contributed by atoms with Gasteiger partial charge in [0.05, 0.1) is 6.54 Å². The van der Waals surface area contributed by atoms with E-state index >= 15 is 0 Å². The van der Waals surface area contributed by atoms with Gasteiger partial charge in [0.15, 0.2) is 0 Å². The largest absolute Gasteiger partial charge is 0.354 e. The van der Waals surface area contributed by atoms with Crippen LogP contribution in [0.5, 0.6) is 0 Å². The van der Waals surface area contributed by atoms with Crippen LogP contribution < -0.4 is 10.6 Å². The van der Waals surface area contributed by atoms with Crippen molar-refractivity contribution in [2.24, 2.45) is 0 Å². The Hall–Kier alpha value is -1.26. The Morgan fingerprint density at radius 1 is 1.15 bits per heavy atom. The molecule has 0 radical (unpaired) electrons. The standard InChI is InChI=1S/C14H18Cl2N2O2/c1-2-3-13(19)18-9-14(20)17-7-6-10-4-5-11(15)8-12(10)16/h4-5,8H,2-3,6-7,9H2,1H3,(H,17,20)(H,18,19). The van der Waals surface area contributed by atoms with E-state index in [0.717, 1.165) is 12.0 Å². The highest BCUT2D eigenvalue weighted by atomic mass is 35.5. The molecule has 1 aromatic carbocycles. The molecule has 0 saturated heterocycles. The van der Waals surface area contributed by atoms with E-state index in [2.05, 4.69) is 10.6 Å². The lowest BCUT2D eigenvalue weighted by Gasteiger charge is -2.08. The van der Waals surface area contributed by atoms with Crippen molar-refractivity contribution in [1.29, 1.82) is 0 Å². The quantitative estimate of drug-likeness (QED) is 0.812. The first-order valence-electron chi connectivity index (χ1n) is 6.50. The van der Waals surface area contributed by atoms with Crippen molar-refractivity contribution in [2.45, 2.75) is 26.2 Å². The summed E-state index contributed by atoms with van der Waals surface area (Å²) in [5.41, 5.74) is 0.923. The summed E-state index contributed by atoms with van der Waals surface area (Å²) in [5, 5.41) is 6.45. The minimum Gasteiger partial charge on any atom is -0.354 e. The fourth-order valence-corrected chi connectivity index (χ4v) is 2.12. The van der Waals surface area contributed by atoms with Gasteiger partial charge in [-0.25, -0.2) is 0 Å². The summed E-state index contributed by atoms with van der Waals surface area (Å²) in [5.74, 6) is -0.317. The van der Waals surface area contributed by atoms with Crippen LogP contribution in [0, 0.1) is 0 Å². The number of nitrogens with one attached hydrogen (secondary N) is 2. The number of hydrogen-bond acceptors (Lipinski definition) is 2. The molecule has 2 N–H and O–H groups in total. The fourth-order valence-electron chi connectivity index (χ4n) is 1.62. The van der Waals surface area contributed by atoms with E-state index in [-0.39, 0.29) is 18.4 Å². The van der Waals surface area contributed by atoms with Gasteiger partial charge in [-0.3, -0.25) is 9.59 Å². The molecule has 2 amide bonds. The molecule has 0 aromatic heterocycles. The van der Waals surface area contributed by atoms with Crippen molar-refractivity contribution in [3.63, 3.8) is 0 Å². The third-order valence-corrected chi connectivity index (χ3v) is 3.24. The van der Waals surface area contributed by atoms with Crippen molar-refractivity contribution in [2.75, 3.05) is 13.1 Å². The number of rotatable bonds is 7. The predicted molar refractivity (Wildman–Crippen MR) is 81.1 cm³/mol. The van der Waals surface area contributed by atoms with Gasteiger partial charge in [0.1, 0.15) is 0 Å². The lowest BCUT2D eigenvalue weighted by molar-refractivity contribution is -0.126. The zero-order valence-corrected chi connectivity index (χ0v) is 12.9. The number of carbonyl (C=O) groups excluding carboxylic acids is 2. The van der Waals surface area contributed by atoms with E-state index in [1.807, 2.05) is 13.0 Å². The van der Waals surface area contributed by atoms with Gasteiger partial charge >= 0.3 is 0 Å². The van der Waals surface area contributed by atoms with Crippen molar-refractivity contribution < 1.29 is 9.59 Å². The maximum atomic E-state index is 11.5. The molecule has 110 valence electrons. The highest BCUT2D eigenvalue weighted by Gasteiger charge is 2.05. The molecule has 0 heterocycles. The minimum atomic E-state index is -0.209. The van der Waals surface area contributed by atoms with Gasteiger partial charge in [-0.15, -0.1) is 0 Å². The number of amides is 2. The van der Waals surface area contributed by atoms with Gasteiger partial charge in [-0.2, -0.15) is 0 Å². The summed E-state index contributed by atoms with van der Waals surface area (Å²) in [6.07, 6.45) is 1.82.